The molecule has 1 N–H and O–H groups in total. The number of fused-ring (bicyclic) bond motifs is 2. The van der Waals surface area contributed by atoms with Gasteiger partial charge in [-0.05, 0) is 101 Å². The third-order valence-electron chi connectivity index (χ3n) is 6.75. The van der Waals surface area contributed by atoms with Crippen LogP contribution in [0.4, 0.5) is 0 Å². The van der Waals surface area contributed by atoms with Gasteiger partial charge >= 0.3 is 0 Å². The highest BCUT2D eigenvalue weighted by molar-refractivity contribution is 9.10. The van der Waals surface area contributed by atoms with Gasteiger partial charge in [0.15, 0.2) is 0 Å². The normalized spacial score (nSPS) is 17.7. The van der Waals surface area contributed by atoms with Gasteiger partial charge in [-0.15, -0.1) is 0 Å². The van der Waals surface area contributed by atoms with Crippen LogP contribution in [0.15, 0.2) is 59.5 Å². The third kappa shape index (κ3) is 6.53. The number of hydrogen-bond donors (Lipinski definition) is 1. The predicted molar refractivity (Wildman–Crippen MR) is 149 cm³/mol. The van der Waals surface area contributed by atoms with Crippen molar-refractivity contribution in [2.75, 3.05) is 13.1 Å². The molecule has 1 unspecified atom stereocenters. The molecule has 3 heterocycles. The maximum atomic E-state index is 12.8. The molecule has 1 aliphatic carbocycles. The number of halogens is 2. The molecule has 3 aromatic rings. The fraction of sp³-hybridized carbons (Fsp3) is 0.414. The molecule has 1 saturated heterocycles. The van der Waals surface area contributed by atoms with Crippen LogP contribution in [0.2, 0.25) is 5.02 Å². The summed E-state index contributed by atoms with van der Waals surface area (Å²) in [6.07, 6.45) is 10.2. The van der Waals surface area contributed by atoms with Crippen LogP contribution in [0.5, 0.6) is 0 Å². The molecule has 0 saturated carbocycles. The van der Waals surface area contributed by atoms with Crippen molar-refractivity contribution in [3.8, 4) is 0 Å². The maximum Gasteiger partial charge on any atom is 0.223 e. The minimum atomic E-state index is 0.0331. The molecule has 2 aliphatic rings. The monoisotopic (exact) mass is 568 g/mol. The Balaban J connectivity index is 0.000000967. The first-order chi connectivity index (χ1) is 17.5. The highest BCUT2D eigenvalue weighted by Gasteiger charge is 2.34. The van der Waals surface area contributed by atoms with Gasteiger partial charge in [0.25, 0.3) is 0 Å². The first kappa shape index (κ1) is 26.8. The molecule has 36 heavy (non-hydrogen) atoms. The number of piperidine rings is 1. The molecule has 1 aromatic carbocycles. The molecule has 0 spiro atoms. The van der Waals surface area contributed by atoms with Gasteiger partial charge < -0.3 is 5.32 Å². The summed E-state index contributed by atoms with van der Waals surface area (Å²) in [5.74, 6) is 0.166. The Morgan fingerprint density at radius 1 is 1.11 bits per heavy atom. The van der Waals surface area contributed by atoms with E-state index in [0.29, 0.717) is 6.54 Å². The van der Waals surface area contributed by atoms with Crippen LogP contribution < -0.4 is 5.32 Å². The van der Waals surface area contributed by atoms with E-state index in [2.05, 4.69) is 63.2 Å². The van der Waals surface area contributed by atoms with Crippen molar-refractivity contribution < 1.29 is 4.79 Å². The Hall–Kier alpha value is -2.28. The van der Waals surface area contributed by atoms with Crippen molar-refractivity contribution in [1.82, 2.24) is 20.2 Å². The summed E-state index contributed by atoms with van der Waals surface area (Å²) in [6, 6.07) is 12.4. The zero-order valence-electron chi connectivity index (χ0n) is 21.0. The number of carbonyl (C=O) groups excluding carboxylic acids is 1. The Labute approximate surface area is 227 Å². The summed E-state index contributed by atoms with van der Waals surface area (Å²) in [5.41, 5.74) is 5.99. The second-order valence-electron chi connectivity index (χ2n) is 9.54. The molecule has 1 amide bonds. The average molecular weight is 570 g/mol. The van der Waals surface area contributed by atoms with Crippen molar-refractivity contribution in [3.05, 3.63) is 92.4 Å². The Morgan fingerprint density at radius 3 is 2.58 bits per heavy atom. The second kappa shape index (κ2) is 12.8. The van der Waals surface area contributed by atoms with E-state index in [1.165, 1.54) is 23.1 Å². The van der Waals surface area contributed by atoms with Crippen LogP contribution in [0.3, 0.4) is 0 Å². The summed E-state index contributed by atoms with van der Waals surface area (Å²) in [4.78, 5) is 24.3. The molecular weight excluding hydrogens is 536 g/mol. The number of nitrogens with zero attached hydrogens (tertiary/aromatic N) is 3. The van der Waals surface area contributed by atoms with Crippen molar-refractivity contribution in [3.63, 3.8) is 0 Å². The van der Waals surface area contributed by atoms with E-state index >= 15 is 0 Å². The van der Waals surface area contributed by atoms with E-state index in [0.717, 1.165) is 59.5 Å². The topological polar surface area (TPSA) is 58.1 Å². The third-order valence-corrected chi connectivity index (χ3v) is 7.41. The fourth-order valence-corrected chi connectivity index (χ4v) is 5.61. The van der Waals surface area contributed by atoms with Gasteiger partial charge in [0.1, 0.15) is 0 Å². The summed E-state index contributed by atoms with van der Waals surface area (Å²) in [5, 5.41) is 3.86. The van der Waals surface area contributed by atoms with E-state index in [1.807, 2.05) is 24.4 Å². The van der Waals surface area contributed by atoms with E-state index in [4.69, 9.17) is 16.6 Å². The quantitative estimate of drug-likeness (QED) is 0.388. The van der Waals surface area contributed by atoms with Crippen molar-refractivity contribution in [2.45, 2.75) is 58.5 Å². The zero-order valence-corrected chi connectivity index (χ0v) is 23.4. The number of rotatable bonds is 4. The molecule has 0 radical (unpaired) electrons. The SMILES string of the molecule is CCC.O=C(NCc1cccnc1)C1CCN(C2c3ccc(Cl)cc3CCc3cc(Br)cnc32)CC1. The van der Waals surface area contributed by atoms with Gasteiger partial charge in [-0.1, -0.05) is 44.0 Å². The second-order valence-corrected chi connectivity index (χ2v) is 10.9. The van der Waals surface area contributed by atoms with Crippen LogP contribution in [0.1, 0.15) is 67.1 Å². The molecule has 2 aromatic heterocycles. The number of hydrogen-bond acceptors (Lipinski definition) is 4. The fourth-order valence-electron chi connectivity index (χ4n) is 5.04. The minimum Gasteiger partial charge on any atom is -0.352 e. The first-order valence-electron chi connectivity index (χ1n) is 12.8. The molecule has 0 bridgehead atoms. The lowest BCUT2D eigenvalue weighted by molar-refractivity contribution is -0.126. The summed E-state index contributed by atoms with van der Waals surface area (Å²) < 4.78 is 1.01. The number of aromatic nitrogens is 2. The van der Waals surface area contributed by atoms with Crippen molar-refractivity contribution >= 4 is 33.4 Å². The van der Waals surface area contributed by atoms with Crippen LogP contribution in [-0.2, 0) is 24.2 Å². The predicted octanol–water partition coefficient (Wildman–Crippen LogP) is 6.53. The lowest BCUT2D eigenvalue weighted by atomic mass is 9.91. The van der Waals surface area contributed by atoms with Crippen molar-refractivity contribution in [1.29, 1.82) is 0 Å². The molecular formula is C29H34BrClN4O. The first-order valence-corrected chi connectivity index (χ1v) is 14.0. The van der Waals surface area contributed by atoms with Gasteiger partial charge in [-0.25, -0.2) is 0 Å². The van der Waals surface area contributed by atoms with Crippen LogP contribution >= 0.6 is 27.5 Å². The lowest BCUT2D eigenvalue weighted by Gasteiger charge is -2.37. The summed E-state index contributed by atoms with van der Waals surface area (Å²) in [6.45, 7) is 6.49. The van der Waals surface area contributed by atoms with Crippen LogP contribution in [0.25, 0.3) is 0 Å². The smallest absolute Gasteiger partial charge is 0.223 e. The number of amides is 1. The summed E-state index contributed by atoms with van der Waals surface area (Å²) >= 11 is 9.93. The molecule has 1 aliphatic heterocycles. The molecule has 7 heteroatoms. The Kier molecular flexibility index (Phi) is 9.52. The van der Waals surface area contributed by atoms with E-state index in [9.17, 15) is 4.79 Å². The highest BCUT2D eigenvalue weighted by Crippen LogP contribution is 2.39. The Bertz CT molecular complexity index is 1110. The van der Waals surface area contributed by atoms with Gasteiger partial charge in [0.05, 0.1) is 11.7 Å². The molecule has 1 fully saturated rings. The zero-order chi connectivity index (χ0) is 25.5. The number of carbonyl (C=O) groups is 1. The molecule has 5 nitrogen and oxygen atoms in total. The average Bonchev–Trinajstić information content (AvgIpc) is 3.04. The number of pyridine rings is 2. The van der Waals surface area contributed by atoms with Gasteiger partial charge in [-0.3, -0.25) is 19.7 Å². The number of aryl methyl sites for hydroxylation is 2. The minimum absolute atomic E-state index is 0.0331. The van der Waals surface area contributed by atoms with E-state index in [1.54, 1.807) is 12.4 Å². The Morgan fingerprint density at radius 2 is 1.86 bits per heavy atom. The van der Waals surface area contributed by atoms with E-state index in [-0.39, 0.29) is 17.9 Å². The maximum absolute atomic E-state index is 12.8. The number of likely N-dealkylation sites (tertiary alicyclic amines) is 1. The van der Waals surface area contributed by atoms with Crippen LogP contribution in [-0.4, -0.2) is 33.9 Å². The standard InChI is InChI=1S/C26H26BrClN4O.C3H8/c27-21-12-20-4-3-19-13-22(28)5-6-23(19)25(24(20)30-16-21)32-10-7-18(8-11-32)26(33)31-15-17-2-1-9-29-14-17;1-3-2/h1-2,5-6,9,12-14,16,18,25H,3-4,7-8,10-11,15H2,(H,31,33);3H2,1-2H3. The number of nitrogens with one attached hydrogen (secondary N) is 1. The van der Waals surface area contributed by atoms with E-state index < -0.39 is 0 Å². The van der Waals surface area contributed by atoms with Gasteiger partial charge in [0.2, 0.25) is 5.91 Å². The lowest BCUT2D eigenvalue weighted by Crippen LogP contribution is -2.42. The molecule has 5 rings (SSSR count). The largest absolute Gasteiger partial charge is 0.352 e. The summed E-state index contributed by atoms with van der Waals surface area (Å²) in [7, 11) is 0. The van der Waals surface area contributed by atoms with Gasteiger partial charge in [0, 0.05) is 40.5 Å². The van der Waals surface area contributed by atoms with Gasteiger partial charge in [-0.2, -0.15) is 0 Å². The molecule has 1 atom stereocenters. The molecule has 190 valence electrons. The number of benzene rings is 1. The van der Waals surface area contributed by atoms with Crippen molar-refractivity contribution in [2.24, 2.45) is 5.92 Å². The van der Waals surface area contributed by atoms with Crippen LogP contribution in [0, 0.1) is 5.92 Å². The highest BCUT2D eigenvalue weighted by atomic mass is 79.9.